The van der Waals surface area contributed by atoms with E-state index in [0.717, 1.165) is 0 Å². The van der Waals surface area contributed by atoms with Crippen LogP contribution in [-0.2, 0) is 0 Å². The molecular formula is C13H9BrN2O3S. The quantitative estimate of drug-likeness (QED) is 0.378. The van der Waals surface area contributed by atoms with Gasteiger partial charge in [0.1, 0.15) is 0 Å². The molecule has 1 aromatic heterocycles. The molecule has 0 radical (unpaired) electrons. The molecule has 0 atom stereocenters. The number of carbonyl (C=O) groups excluding carboxylic acids is 1. The van der Waals surface area contributed by atoms with Gasteiger partial charge in [0.2, 0.25) is 0 Å². The monoisotopic (exact) mass is 352 g/mol. The lowest BCUT2D eigenvalue weighted by Crippen LogP contribution is -1.95. The average Bonchev–Trinajstić information content (AvgIpc) is 2.94. The summed E-state index contributed by atoms with van der Waals surface area (Å²) in [7, 11) is 0. The summed E-state index contributed by atoms with van der Waals surface area (Å²) >= 11 is 4.61. The number of hydrogen-bond acceptors (Lipinski definition) is 5. The summed E-state index contributed by atoms with van der Waals surface area (Å²) < 4.78 is 0.555. The number of carbonyl (C=O) groups is 1. The number of nitro benzene ring substituents is 1. The van der Waals surface area contributed by atoms with Gasteiger partial charge in [-0.3, -0.25) is 14.9 Å². The van der Waals surface area contributed by atoms with E-state index >= 15 is 0 Å². The van der Waals surface area contributed by atoms with E-state index in [1.54, 1.807) is 12.1 Å². The van der Waals surface area contributed by atoms with Crippen molar-refractivity contribution >= 4 is 44.4 Å². The molecule has 0 spiro atoms. The first-order valence-electron chi connectivity index (χ1n) is 5.53. The summed E-state index contributed by atoms with van der Waals surface area (Å²) in [5.41, 5.74) is 0.645. The van der Waals surface area contributed by atoms with Crippen LogP contribution in [0, 0.1) is 10.1 Å². The van der Waals surface area contributed by atoms with E-state index in [2.05, 4.69) is 21.2 Å². The smallest absolute Gasteiger partial charge is 0.270 e. The van der Waals surface area contributed by atoms with Crippen molar-refractivity contribution in [3.63, 3.8) is 0 Å². The van der Waals surface area contributed by atoms with Crippen LogP contribution in [0.1, 0.15) is 9.67 Å². The number of rotatable bonds is 5. The normalized spacial score (nSPS) is 10.7. The molecule has 7 heteroatoms. The van der Waals surface area contributed by atoms with Crippen molar-refractivity contribution in [2.45, 2.75) is 0 Å². The lowest BCUT2D eigenvalue weighted by molar-refractivity contribution is -0.384. The highest BCUT2D eigenvalue weighted by Gasteiger charge is 2.08. The van der Waals surface area contributed by atoms with Crippen molar-refractivity contribution < 1.29 is 9.72 Å². The van der Waals surface area contributed by atoms with Gasteiger partial charge in [0, 0.05) is 28.9 Å². The third-order valence-electron chi connectivity index (χ3n) is 2.40. The Labute approximate surface area is 127 Å². The molecule has 1 heterocycles. The fourth-order valence-electron chi connectivity index (χ4n) is 1.44. The zero-order valence-electron chi connectivity index (χ0n) is 10.1. The van der Waals surface area contributed by atoms with Crippen LogP contribution in [0.25, 0.3) is 0 Å². The minimum atomic E-state index is -0.468. The summed E-state index contributed by atoms with van der Waals surface area (Å²) in [6.45, 7) is 0. The van der Waals surface area contributed by atoms with E-state index in [1.807, 2.05) is 11.4 Å². The van der Waals surface area contributed by atoms with Crippen molar-refractivity contribution in [2.24, 2.45) is 0 Å². The molecule has 0 unspecified atom stereocenters. The van der Waals surface area contributed by atoms with Gasteiger partial charge in [-0.2, -0.15) is 0 Å². The van der Waals surface area contributed by atoms with Crippen molar-refractivity contribution in [2.75, 3.05) is 5.32 Å². The van der Waals surface area contributed by atoms with E-state index in [1.165, 1.54) is 35.7 Å². The van der Waals surface area contributed by atoms with Crippen molar-refractivity contribution in [1.82, 2.24) is 0 Å². The molecule has 1 aromatic carbocycles. The van der Waals surface area contributed by atoms with Gasteiger partial charge in [0.05, 0.1) is 15.5 Å². The second-order valence-corrected chi connectivity index (χ2v) is 5.54. The Morgan fingerprint density at radius 2 is 2.20 bits per heavy atom. The van der Waals surface area contributed by atoms with Gasteiger partial charge < -0.3 is 5.32 Å². The zero-order chi connectivity index (χ0) is 14.5. The Balaban J connectivity index is 2.04. The molecule has 0 amide bonds. The number of non-ortho nitro benzene ring substituents is 1. The Hall–Kier alpha value is -1.99. The number of anilines is 1. The predicted molar refractivity (Wildman–Crippen MR) is 82.2 cm³/mol. The third kappa shape index (κ3) is 3.52. The molecule has 20 heavy (non-hydrogen) atoms. The minimum absolute atomic E-state index is 0.000988. The van der Waals surface area contributed by atoms with Gasteiger partial charge in [-0.05, 0) is 33.4 Å². The van der Waals surface area contributed by atoms with Crippen molar-refractivity contribution in [1.29, 1.82) is 0 Å². The van der Waals surface area contributed by atoms with Crippen LogP contribution in [0.15, 0.2) is 52.5 Å². The van der Waals surface area contributed by atoms with E-state index in [4.69, 9.17) is 0 Å². The second kappa shape index (κ2) is 6.44. The number of benzene rings is 1. The molecule has 0 aliphatic rings. The van der Waals surface area contributed by atoms with Crippen molar-refractivity contribution in [3.8, 4) is 0 Å². The first-order valence-corrected chi connectivity index (χ1v) is 7.20. The lowest BCUT2D eigenvalue weighted by atomic mass is 10.3. The summed E-state index contributed by atoms with van der Waals surface area (Å²) in [5, 5.41) is 15.3. The van der Waals surface area contributed by atoms with Gasteiger partial charge in [0.15, 0.2) is 5.78 Å². The highest BCUT2D eigenvalue weighted by atomic mass is 79.9. The first-order chi connectivity index (χ1) is 9.58. The van der Waals surface area contributed by atoms with Crippen LogP contribution in [-0.4, -0.2) is 10.7 Å². The Morgan fingerprint density at radius 3 is 2.80 bits per heavy atom. The van der Waals surface area contributed by atoms with Crippen LogP contribution in [0.2, 0.25) is 0 Å². The van der Waals surface area contributed by atoms with Crippen LogP contribution < -0.4 is 5.32 Å². The number of nitro groups is 1. The molecule has 102 valence electrons. The van der Waals surface area contributed by atoms with Gasteiger partial charge >= 0.3 is 0 Å². The Bertz CT molecular complexity index is 668. The topological polar surface area (TPSA) is 72.2 Å². The molecule has 0 aliphatic carbocycles. The number of hydrogen-bond donors (Lipinski definition) is 1. The molecule has 0 aliphatic heterocycles. The number of halogens is 1. The maximum absolute atomic E-state index is 11.7. The van der Waals surface area contributed by atoms with Crippen LogP contribution in [0.4, 0.5) is 11.4 Å². The minimum Gasteiger partial charge on any atom is -0.361 e. The van der Waals surface area contributed by atoms with E-state index < -0.39 is 4.92 Å². The molecule has 0 bridgehead atoms. The van der Waals surface area contributed by atoms with Gasteiger partial charge in [-0.15, -0.1) is 11.3 Å². The summed E-state index contributed by atoms with van der Waals surface area (Å²) in [6.07, 6.45) is 2.92. The van der Waals surface area contributed by atoms with Crippen LogP contribution >= 0.6 is 27.3 Å². The van der Waals surface area contributed by atoms with E-state index in [-0.39, 0.29) is 11.5 Å². The number of nitrogens with zero attached hydrogens (tertiary/aromatic N) is 1. The first kappa shape index (κ1) is 14.4. The highest BCUT2D eigenvalue weighted by Crippen LogP contribution is 2.27. The second-order valence-electron chi connectivity index (χ2n) is 3.74. The molecule has 5 nitrogen and oxygen atoms in total. The Morgan fingerprint density at radius 1 is 1.40 bits per heavy atom. The van der Waals surface area contributed by atoms with E-state index in [9.17, 15) is 14.9 Å². The van der Waals surface area contributed by atoms with E-state index in [0.29, 0.717) is 15.0 Å². The van der Waals surface area contributed by atoms with Crippen LogP contribution in [0.5, 0.6) is 0 Å². The number of ketones is 1. The lowest BCUT2D eigenvalue weighted by Gasteiger charge is -2.03. The summed E-state index contributed by atoms with van der Waals surface area (Å²) in [5.74, 6) is -0.0921. The average molecular weight is 353 g/mol. The fraction of sp³-hybridized carbons (Fsp3) is 0. The maximum atomic E-state index is 11.7. The largest absolute Gasteiger partial charge is 0.361 e. The zero-order valence-corrected chi connectivity index (χ0v) is 12.5. The fourth-order valence-corrected chi connectivity index (χ4v) is 2.57. The van der Waals surface area contributed by atoms with Crippen LogP contribution in [0.3, 0.4) is 0 Å². The van der Waals surface area contributed by atoms with Gasteiger partial charge in [-0.25, -0.2) is 0 Å². The molecule has 2 aromatic rings. The molecule has 0 saturated carbocycles. The predicted octanol–water partition coefficient (Wildman–Crippen LogP) is 4.23. The maximum Gasteiger partial charge on any atom is 0.270 e. The molecular weight excluding hydrogens is 344 g/mol. The summed E-state index contributed by atoms with van der Waals surface area (Å²) in [6, 6.07) is 7.92. The number of nitrogens with one attached hydrogen (secondary N) is 1. The Kier molecular flexibility index (Phi) is 4.65. The number of thiophene rings is 1. The molecule has 1 N–H and O–H groups in total. The number of allylic oxidation sites excluding steroid dienone is 1. The molecule has 0 saturated heterocycles. The molecule has 2 rings (SSSR count). The van der Waals surface area contributed by atoms with Gasteiger partial charge in [-0.1, -0.05) is 6.07 Å². The summed E-state index contributed by atoms with van der Waals surface area (Å²) in [4.78, 5) is 22.5. The SMILES string of the molecule is O=C(/C=C\Nc1ccc([N+](=O)[O-])cc1Br)c1cccs1. The van der Waals surface area contributed by atoms with Crippen molar-refractivity contribution in [3.05, 3.63) is 67.5 Å². The highest BCUT2D eigenvalue weighted by molar-refractivity contribution is 9.10. The third-order valence-corrected chi connectivity index (χ3v) is 3.94. The molecule has 0 fully saturated rings. The van der Waals surface area contributed by atoms with Gasteiger partial charge in [0.25, 0.3) is 5.69 Å². The standard InChI is InChI=1S/C13H9BrN2O3S/c14-10-8-9(16(18)19)3-4-11(10)15-6-5-12(17)13-2-1-7-20-13/h1-8,15H/b6-5-.